The molecule has 48 heavy (non-hydrogen) atoms. The minimum absolute atomic E-state index is 0. The molecule has 0 spiro atoms. The quantitative estimate of drug-likeness (QED) is 0.301. The van der Waals surface area contributed by atoms with Gasteiger partial charge in [0.15, 0.2) is 5.03 Å². The number of halogens is 1. The van der Waals surface area contributed by atoms with Crippen LogP contribution in [0.4, 0.5) is 17.3 Å². The van der Waals surface area contributed by atoms with Crippen LogP contribution in [-0.2, 0) is 26.6 Å². The van der Waals surface area contributed by atoms with Gasteiger partial charge in [0.25, 0.3) is 15.9 Å². The molecule has 262 valence electrons. The number of anilines is 3. The molecule has 5 heterocycles. The molecule has 1 amide bonds. The predicted molar refractivity (Wildman–Crippen MR) is 193 cm³/mol. The molecule has 1 unspecified atom stereocenters. The van der Waals surface area contributed by atoms with Gasteiger partial charge in [0.2, 0.25) is 0 Å². The second-order valence-electron chi connectivity index (χ2n) is 14.5. The van der Waals surface area contributed by atoms with Crippen molar-refractivity contribution in [1.82, 2.24) is 19.7 Å². The number of ether oxygens (including phenoxy) is 1. The first-order valence-corrected chi connectivity index (χ1v) is 17.9. The van der Waals surface area contributed by atoms with E-state index < -0.39 is 15.9 Å². The fourth-order valence-electron chi connectivity index (χ4n) is 6.54. The Labute approximate surface area is 291 Å². The highest BCUT2D eigenvalue weighted by Gasteiger charge is 2.41. The van der Waals surface area contributed by atoms with Crippen LogP contribution in [0.25, 0.3) is 0 Å². The number of carbonyl (C=O) groups is 1. The average molecular weight is 700 g/mol. The number of sulfonamides is 1. The topological polar surface area (TPSA) is 130 Å². The zero-order valence-corrected chi connectivity index (χ0v) is 30.7. The first-order chi connectivity index (χ1) is 22.2. The van der Waals surface area contributed by atoms with E-state index in [0.717, 1.165) is 49.3 Å². The molecule has 2 N–H and O–H groups in total. The molecule has 4 bridgehead atoms. The number of pyridine rings is 3. The summed E-state index contributed by atoms with van der Waals surface area (Å²) in [6, 6.07) is 12.4. The van der Waals surface area contributed by atoms with E-state index in [-0.39, 0.29) is 40.0 Å². The average Bonchev–Trinajstić information content (AvgIpc) is 3.32. The minimum atomic E-state index is -4.27. The Hall–Kier alpha value is -3.48. The van der Waals surface area contributed by atoms with Gasteiger partial charge >= 0.3 is 0 Å². The van der Waals surface area contributed by atoms with Crippen LogP contribution >= 0.6 is 12.4 Å². The van der Waals surface area contributed by atoms with Crippen LogP contribution in [0, 0.1) is 5.92 Å². The molecule has 5 rings (SSSR count). The second-order valence-corrected chi connectivity index (χ2v) is 16.1. The molecule has 2 aliphatic rings. The van der Waals surface area contributed by atoms with Crippen LogP contribution in [0.2, 0.25) is 0 Å². The summed E-state index contributed by atoms with van der Waals surface area (Å²) < 4.78 is 34.5. The lowest BCUT2D eigenvalue weighted by Gasteiger charge is -2.34. The summed E-state index contributed by atoms with van der Waals surface area (Å²) in [5.74, 6) is 0.564. The molecule has 2 aliphatic heterocycles. The van der Waals surface area contributed by atoms with E-state index in [1.54, 1.807) is 25.3 Å². The fraction of sp³-hybridized carbons (Fsp3) is 0.543. The molecule has 1 fully saturated rings. The van der Waals surface area contributed by atoms with Crippen LogP contribution in [0.15, 0.2) is 53.7 Å². The third kappa shape index (κ3) is 8.75. The smallest absolute Gasteiger partial charge is 0.281 e. The maximum atomic E-state index is 13.7. The highest BCUT2D eigenvalue weighted by atomic mass is 35.5. The summed E-state index contributed by atoms with van der Waals surface area (Å²) in [4.78, 5) is 32.3. The van der Waals surface area contributed by atoms with Gasteiger partial charge < -0.3 is 19.9 Å². The predicted octanol–water partition coefficient (Wildman–Crippen LogP) is 5.60. The van der Waals surface area contributed by atoms with Crippen LogP contribution in [-0.4, -0.2) is 74.7 Å². The molecule has 0 radical (unpaired) electrons. The lowest BCUT2D eigenvalue weighted by Crippen LogP contribution is -2.41. The summed E-state index contributed by atoms with van der Waals surface area (Å²) in [5.41, 5.74) is 2.50. The van der Waals surface area contributed by atoms with Crippen molar-refractivity contribution in [3.05, 3.63) is 65.6 Å². The van der Waals surface area contributed by atoms with Gasteiger partial charge in [-0.05, 0) is 81.8 Å². The SMILES string of the molecule is COCCCN(C)c1ccc(CC2CC[C@@H]3CN(c4nc(C(C)(C)C)ccc4C(=O)NS(=O)(=O)c4cccc(n4)N2)C(C)(C)C3)nc1.Cl. The first kappa shape index (κ1) is 37.3. The number of hydrogen-bond donors (Lipinski definition) is 2. The summed E-state index contributed by atoms with van der Waals surface area (Å²) in [6.07, 6.45) is 6.14. The minimum Gasteiger partial charge on any atom is -0.385 e. The highest BCUT2D eigenvalue weighted by Crippen LogP contribution is 2.40. The number of fused-ring (bicyclic) bond motifs is 6. The van der Waals surface area contributed by atoms with Crippen molar-refractivity contribution in [1.29, 1.82) is 0 Å². The molecule has 2 atom stereocenters. The molecule has 11 nitrogen and oxygen atoms in total. The Morgan fingerprint density at radius 3 is 2.54 bits per heavy atom. The fourth-order valence-corrected chi connectivity index (χ4v) is 7.47. The standard InChI is InChI=1S/C35H49N7O4S.ClH/c1-34(2,3)29-17-16-28-32(38-29)42-23-24(21-35(42,4)5)12-13-26(20-25-14-15-27(22-36-25)41(6)18-9-19-46-7)37-30-10-8-11-31(39-30)47(44,45)40-33(28)43;/h8,10-11,14-17,22,24,26H,9,12-13,18-21,23H2,1-7H3,(H,37,39)(H,40,43);1H/t24-,26?;/m0./s1. The van der Waals surface area contributed by atoms with Crippen molar-refractivity contribution in [2.45, 2.75) is 88.7 Å². The van der Waals surface area contributed by atoms with Crippen molar-refractivity contribution in [3.63, 3.8) is 0 Å². The molecule has 0 aromatic carbocycles. The van der Waals surface area contributed by atoms with Gasteiger partial charge in [-0.25, -0.2) is 14.7 Å². The normalized spacial score (nSPS) is 20.3. The molecule has 3 aromatic heterocycles. The maximum Gasteiger partial charge on any atom is 0.281 e. The van der Waals surface area contributed by atoms with Crippen molar-refractivity contribution in [3.8, 4) is 0 Å². The second kappa shape index (κ2) is 15.0. The summed E-state index contributed by atoms with van der Waals surface area (Å²) in [7, 11) is -0.513. The third-order valence-corrected chi connectivity index (χ3v) is 10.4. The van der Waals surface area contributed by atoms with Gasteiger partial charge in [-0.15, -0.1) is 12.4 Å². The molecule has 3 aromatic rings. The van der Waals surface area contributed by atoms with E-state index in [9.17, 15) is 13.2 Å². The third-order valence-electron chi connectivity index (χ3n) is 9.15. The molecule has 1 saturated heterocycles. The molecule has 13 heteroatoms. The molecular weight excluding hydrogens is 650 g/mol. The maximum absolute atomic E-state index is 13.7. The van der Waals surface area contributed by atoms with Gasteiger partial charge in [-0.1, -0.05) is 26.8 Å². The zero-order chi connectivity index (χ0) is 34.0. The molecular formula is C35H50ClN7O4S. The van der Waals surface area contributed by atoms with E-state index in [2.05, 4.69) is 71.6 Å². The van der Waals surface area contributed by atoms with E-state index in [4.69, 9.17) is 14.7 Å². The van der Waals surface area contributed by atoms with Gasteiger partial charge in [0.1, 0.15) is 11.6 Å². The van der Waals surface area contributed by atoms with Gasteiger partial charge in [0.05, 0.1) is 17.4 Å². The van der Waals surface area contributed by atoms with Crippen molar-refractivity contribution < 1.29 is 17.9 Å². The van der Waals surface area contributed by atoms with Gasteiger partial charge in [-0.2, -0.15) is 8.42 Å². The van der Waals surface area contributed by atoms with E-state index in [1.807, 2.05) is 19.3 Å². The molecule has 0 saturated carbocycles. The lowest BCUT2D eigenvalue weighted by molar-refractivity contribution is 0.0981. The number of hydrogen-bond acceptors (Lipinski definition) is 10. The Morgan fingerprint density at radius 1 is 1.08 bits per heavy atom. The van der Waals surface area contributed by atoms with Crippen molar-refractivity contribution in [2.24, 2.45) is 5.92 Å². The number of aromatic nitrogens is 3. The van der Waals surface area contributed by atoms with E-state index >= 15 is 0 Å². The van der Waals surface area contributed by atoms with E-state index in [0.29, 0.717) is 37.1 Å². The van der Waals surface area contributed by atoms with E-state index in [1.165, 1.54) is 6.07 Å². The largest absolute Gasteiger partial charge is 0.385 e. The number of amides is 1. The summed E-state index contributed by atoms with van der Waals surface area (Å²) in [5, 5.41) is 3.27. The van der Waals surface area contributed by atoms with Crippen molar-refractivity contribution >= 4 is 45.7 Å². The van der Waals surface area contributed by atoms with Crippen LogP contribution in [0.3, 0.4) is 0 Å². The monoisotopic (exact) mass is 699 g/mol. The lowest BCUT2D eigenvalue weighted by atomic mass is 9.90. The first-order valence-electron chi connectivity index (χ1n) is 16.4. The summed E-state index contributed by atoms with van der Waals surface area (Å²) >= 11 is 0. The number of carbonyl (C=O) groups excluding carboxylic acids is 1. The number of rotatable bonds is 7. The molecule has 0 aliphatic carbocycles. The van der Waals surface area contributed by atoms with Crippen LogP contribution in [0.1, 0.15) is 82.0 Å². The van der Waals surface area contributed by atoms with Crippen molar-refractivity contribution in [2.75, 3.05) is 49.0 Å². The highest BCUT2D eigenvalue weighted by molar-refractivity contribution is 7.90. The zero-order valence-electron chi connectivity index (χ0n) is 29.1. The Morgan fingerprint density at radius 2 is 1.85 bits per heavy atom. The summed E-state index contributed by atoms with van der Waals surface area (Å²) in [6.45, 7) is 12.9. The Balaban J connectivity index is 0.00000520. The number of methoxy groups -OCH3 is 1. The number of nitrogens with zero attached hydrogens (tertiary/aromatic N) is 5. The Kier molecular flexibility index (Phi) is 11.6. The van der Waals surface area contributed by atoms with Crippen LogP contribution in [0.5, 0.6) is 0 Å². The Bertz CT molecular complexity index is 1680. The van der Waals surface area contributed by atoms with Gasteiger partial charge in [0, 0.05) is 68.7 Å². The number of nitrogens with one attached hydrogen (secondary N) is 2. The van der Waals surface area contributed by atoms with Gasteiger partial charge in [-0.3, -0.25) is 9.78 Å². The van der Waals surface area contributed by atoms with Crippen LogP contribution < -0.4 is 19.8 Å².